The monoisotopic (exact) mass is 491 g/mol. The first-order valence-electron chi connectivity index (χ1n) is 10.9. The maximum Gasteiger partial charge on any atom is 0.263 e. The van der Waals surface area contributed by atoms with Crippen LogP contribution in [0.2, 0.25) is 0 Å². The lowest BCUT2D eigenvalue weighted by Gasteiger charge is -2.16. The fraction of sp³-hybridized carbons (Fsp3) is 0.231. The molecule has 1 N–H and O–H groups in total. The topological polar surface area (TPSA) is 81.1 Å². The van der Waals surface area contributed by atoms with Crippen LogP contribution < -0.4 is 10.9 Å². The number of nitrogens with zero attached hydrogens (tertiary/aromatic N) is 2. The number of carbonyl (C=O) groups is 2. The van der Waals surface area contributed by atoms with Crippen LogP contribution in [0.4, 0.5) is 5.69 Å². The fourth-order valence-corrected chi connectivity index (χ4v) is 5.55. The summed E-state index contributed by atoms with van der Waals surface area (Å²) in [5.74, 6) is -0.299. The molecule has 2 aromatic carbocycles. The van der Waals surface area contributed by atoms with Gasteiger partial charge >= 0.3 is 0 Å². The van der Waals surface area contributed by atoms with Gasteiger partial charge in [0.15, 0.2) is 10.9 Å². The molecule has 2 aromatic heterocycles. The van der Waals surface area contributed by atoms with E-state index in [-0.39, 0.29) is 17.2 Å². The largest absolute Gasteiger partial charge is 0.325 e. The van der Waals surface area contributed by atoms with Crippen molar-refractivity contribution in [2.45, 2.75) is 44.6 Å². The third-order valence-corrected chi connectivity index (χ3v) is 7.82. The Morgan fingerprint density at radius 3 is 2.56 bits per heavy atom. The molecular weight excluding hydrogens is 466 g/mol. The van der Waals surface area contributed by atoms with Gasteiger partial charge in [-0.15, -0.1) is 11.3 Å². The zero-order valence-electron chi connectivity index (χ0n) is 19.4. The van der Waals surface area contributed by atoms with Crippen LogP contribution in [-0.2, 0) is 11.3 Å². The van der Waals surface area contributed by atoms with Crippen molar-refractivity contribution in [3.63, 3.8) is 0 Å². The second-order valence-corrected chi connectivity index (χ2v) is 10.6. The maximum absolute atomic E-state index is 13.5. The lowest BCUT2D eigenvalue weighted by molar-refractivity contribution is -0.115. The van der Waals surface area contributed by atoms with Crippen molar-refractivity contribution in [1.29, 1.82) is 0 Å². The van der Waals surface area contributed by atoms with Crippen molar-refractivity contribution in [2.24, 2.45) is 0 Å². The normalized spacial score (nSPS) is 12.0. The van der Waals surface area contributed by atoms with E-state index in [4.69, 9.17) is 4.98 Å². The Bertz CT molecular complexity index is 1440. The van der Waals surface area contributed by atoms with Crippen LogP contribution in [0.15, 0.2) is 64.5 Å². The zero-order valence-corrected chi connectivity index (χ0v) is 21.0. The molecule has 2 heterocycles. The minimum atomic E-state index is -0.519. The number of hydrogen-bond donors (Lipinski definition) is 1. The van der Waals surface area contributed by atoms with Gasteiger partial charge in [0.25, 0.3) is 5.56 Å². The van der Waals surface area contributed by atoms with E-state index < -0.39 is 5.25 Å². The Balaban J connectivity index is 1.66. The zero-order chi connectivity index (χ0) is 24.4. The molecule has 0 saturated carbocycles. The molecule has 1 amide bonds. The van der Waals surface area contributed by atoms with Crippen LogP contribution in [0.5, 0.6) is 0 Å². The molecule has 0 aliphatic heterocycles. The summed E-state index contributed by atoms with van der Waals surface area (Å²) in [6.07, 6.45) is 0. The molecular formula is C26H25N3O3S2. The number of carbonyl (C=O) groups excluding carboxylic acids is 2. The highest BCUT2D eigenvalue weighted by Crippen LogP contribution is 2.30. The Morgan fingerprint density at radius 1 is 1.12 bits per heavy atom. The molecule has 1 atom stereocenters. The standard InChI is InChI=1S/C26H25N3O3S2/c1-15-17(3)33-24-22(15)25(32)29(14-19-9-6-5-7-10-19)26(28-24)34-18(4)23(31)27-21-12-8-11-20(13-21)16(2)30/h5-13,18H,14H2,1-4H3,(H,27,31)/t18-/m1/s1. The Morgan fingerprint density at radius 2 is 1.85 bits per heavy atom. The molecule has 174 valence electrons. The number of benzene rings is 2. The van der Waals surface area contributed by atoms with Gasteiger partial charge in [-0.05, 0) is 51.0 Å². The average molecular weight is 492 g/mol. The van der Waals surface area contributed by atoms with Crippen LogP contribution in [-0.4, -0.2) is 26.5 Å². The molecule has 0 aliphatic carbocycles. The third kappa shape index (κ3) is 4.98. The number of aryl methyl sites for hydroxylation is 2. The Hall–Kier alpha value is -3.23. The number of thiophene rings is 1. The first kappa shape index (κ1) is 23.9. The average Bonchev–Trinajstić information content (AvgIpc) is 3.10. The van der Waals surface area contributed by atoms with Gasteiger partial charge in [0.05, 0.1) is 17.2 Å². The summed E-state index contributed by atoms with van der Waals surface area (Å²) in [5, 5.41) is 3.49. The first-order chi connectivity index (χ1) is 16.2. The van der Waals surface area contributed by atoms with Gasteiger partial charge in [-0.3, -0.25) is 19.0 Å². The molecule has 34 heavy (non-hydrogen) atoms. The summed E-state index contributed by atoms with van der Waals surface area (Å²) in [6.45, 7) is 7.57. The van der Waals surface area contributed by atoms with Gasteiger partial charge in [0, 0.05) is 16.1 Å². The maximum atomic E-state index is 13.5. The Labute approximate surface area is 206 Å². The van der Waals surface area contributed by atoms with Crippen molar-refractivity contribution in [1.82, 2.24) is 9.55 Å². The summed E-state index contributed by atoms with van der Waals surface area (Å²) >= 11 is 2.75. The number of fused-ring (bicyclic) bond motifs is 1. The molecule has 0 radical (unpaired) electrons. The SMILES string of the molecule is CC(=O)c1cccc(NC(=O)[C@@H](C)Sc2nc3sc(C)c(C)c3c(=O)n2Cc2ccccc2)c1. The molecule has 4 aromatic rings. The van der Waals surface area contributed by atoms with Gasteiger partial charge in [0.2, 0.25) is 5.91 Å². The lowest BCUT2D eigenvalue weighted by Crippen LogP contribution is -2.27. The van der Waals surface area contributed by atoms with E-state index in [2.05, 4.69) is 5.32 Å². The summed E-state index contributed by atoms with van der Waals surface area (Å²) < 4.78 is 1.65. The molecule has 0 bridgehead atoms. The van der Waals surface area contributed by atoms with E-state index in [1.807, 2.05) is 44.2 Å². The number of thioether (sulfide) groups is 1. The van der Waals surface area contributed by atoms with Gasteiger partial charge in [-0.25, -0.2) is 4.98 Å². The van der Waals surface area contributed by atoms with Gasteiger partial charge < -0.3 is 5.32 Å². The van der Waals surface area contributed by atoms with Crippen molar-refractivity contribution in [3.05, 3.63) is 86.5 Å². The number of anilines is 1. The van der Waals surface area contributed by atoms with Crippen LogP contribution in [0, 0.1) is 13.8 Å². The van der Waals surface area contributed by atoms with E-state index >= 15 is 0 Å². The minimum absolute atomic E-state index is 0.0671. The van der Waals surface area contributed by atoms with Crippen LogP contribution in [0.1, 0.15) is 40.2 Å². The predicted molar refractivity (Wildman–Crippen MR) is 139 cm³/mol. The molecule has 6 nitrogen and oxygen atoms in total. The number of amides is 1. The van der Waals surface area contributed by atoms with Gasteiger partial charge in [-0.1, -0.05) is 54.2 Å². The van der Waals surface area contributed by atoms with E-state index in [1.54, 1.807) is 35.8 Å². The summed E-state index contributed by atoms with van der Waals surface area (Å²) in [4.78, 5) is 44.7. The Kier molecular flexibility index (Phi) is 7.00. The van der Waals surface area contributed by atoms with E-state index in [9.17, 15) is 14.4 Å². The third-order valence-electron chi connectivity index (χ3n) is 5.63. The highest BCUT2D eigenvalue weighted by Gasteiger charge is 2.22. The lowest BCUT2D eigenvalue weighted by atomic mass is 10.1. The number of aromatic nitrogens is 2. The quantitative estimate of drug-likeness (QED) is 0.211. The van der Waals surface area contributed by atoms with Crippen LogP contribution >= 0.6 is 23.1 Å². The van der Waals surface area contributed by atoms with Gasteiger partial charge in [-0.2, -0.15) is 0 Å². The molecule has 0 spiro atoms. The number of ketones is 1. The van der Waals surface area contributed by atoms with Crippen molar-refractivity contribution < 1.29 is 9.59 Å². The van der Waals surface area contributed by atoms with E-state index in [0.29, 0.717) is 33.2 Å². The number of hydrogen-bond acceptors (Lipinski definition) is 6. The van der Waals surface area contributed by atoms with Crippen LogP contribution in [0.25, 0.3) is 10.2 Å². The molecule has 0 unspecified atom stereocenters. The number of nitrogens with one attached hydrogen (secondary N) is 1. The van der Waals surface area contributed by atoms with Crippen LogP contribution in [0.3, 0.4) is 0 Å². The molecule has 4 rings (SSSR count). The second kappa shape index (κ2) is 9.95. The molecule has 8 heteroatoms. The second-order valence-electron chi connectivity index (χ2n) is 8.12. The minimum Gasteiger partial charge on any atom is -0.325 e. The van der Waals surface area contributed by atoms with Crippen molar-refractivity contribution >= 4 is 50.7 Å². The summed E-state index contributed by atoms with van der Waals surface area (Å²) in [5.41, 5.74) is 2.92. The van der Waals surface area contributed by atoms with E-state index in [1.165, 1.54) is 30.0 Å². The fourth-order valence-electron chi connectivity index (χ4n) is 3.58. The van der Waals surface area contributed by atoms with Crippen molar-refractivity contribution in [3.8, 4) is 0 Å². The smallest absolute Gasteiger partial charge is 0.263 e. The predicted octanol–water partition coefficient (Wildman–Crippen LogP) is 5.45. The molecule has 0 saturated heterocycles. The highest BCUT2D eigenvalue weighted by atomic mass is 32.2. The first-order valence-corrected chi connectivity index (χ1v) is 12.6. The van der Waals surface area contributed by atoms with Gasteiger partial charge in [0.1, 0.15) is 4.83 Å². The number of rotatable bonds is 7. The highest BCUT2D eigenvalue weighted by molar-refractivity contribution is 8.00. The van der Waals surface area contributed by atoms with E-state index in [0.717, 1.165) is 16.0 Å². The molecule has 0 fully saturated rings. The molecule has 0 aliphatic rings. The number of Topliss-reactive ketones (excluding diaryl/α,β-unsaturated/α-hetero) is 1. The van der Waals surface area contributed by atoms with Crippen molar-refractivity contribution in [2.75, 3.05) is 5.32 Å². The summed E-state index contributed by atoms with van der Waals surface area (Å²) in [7, 11) is 0. The summed E-state index contributed by atoms with van der Waals surface area (Å²) in [6, 6.07) is 16.6.